The molecule has 0 aliphatic rings. The standard InChI is InChI=1S/C17H22N2/c1-4-15(16-7-5-13(18)9-11(16)2)17-8-6-14(19)10-12(17)3/h5-10,15H,4,18-19H2,1-3H3. The number of anilines is 2. The van der Waals surface area contributed by atoms with Crippen LogP contribution in [0.25, 0.3) is 0 Å². The number of benzene rings is 2. The minimum atomic E-state index is 0.404. The Morgan fingerprint density at radius 3 is 1.58 bits per heavy atom. The van der Waals surface area contributed by atoms with E-state index in [0.29, 0.717) is 5.92 Å². The summed E-state index contributed by atoms with van der Waals surface area (Å²) in [5.74, 6) is 0.404. The maximum atomic E-state index is 5.84. The zero-order chi connectivity index (χ0) is 14.0. The van der Waals surface area contributed by atoms with E-state index in [4.69, 9.17) is 11.5 Å². The summed E-state index contributed by atoms with van der Waals surface area (Å²) >= 11 is 0. The van der Waals surface area contributed by atoms with Gasteiger partial charge in [-0.25, -0.2) is 0 Å². The Morgan fingerprint density at radius 2 is 1.26 bits per heavy atom. The van der Waals surface area contributed by atoms with Crippen LogP contribution in [-0.2, 0) is 0 Å². The van der Waals surface area contributed by atoms with Gasteiger partial charge in [0.05, 0.1) is 0 Å². The lowest BCUT2D eigenvalue weighted by Gasteiger charge is -2.21. The Morgan fingerprint density at radius 1 is 0.842 bits per heavy atom. The maximum Gasteiger partial charge on any atom is 0.0316 e. The Labute approximate surface area is 115 Å². The van der Waals surface area contributed by atoms with Gasteiger partial charge in [0.25, 0.3) is 0 Å². The molecule has 2 aromatic carbocycles. The van der Waals surface area contributed by atoms with Gasteiger partial charge < -0.3 is 11.5 Å². The van der Waals surface area contributed by atoms with Crippen LogP contribution in [0.1, 0.15) is 41.5 Å². The molecule has 0 aliphatic carbocycles. The van der Waals surface area contributed by atoms with Crippen molar-refractivity contribution in [2.24, 2.45) is 0 Å². The van der Waals surface area contributed by atoms with E-state index >= 15 is 0 Å². The number of hydrogen-bond acceptors (Lipinski definition) is 2. The third-order valence-electron chi connectivity index (χ3n) is 3.75. The molecule has 0 radical (unpaired) electrons. The molecule has 0 saturated carbocycles. The number of nitrogen functional groups attached to an aromatic ring is 2. The van der Waals surface area contributed by atoms with Crippen molar-refractivity contribution in [2.45, 2.75) is 33.1 Å². The molecule has 0 fully saturated rings. The second-order valence-electron chi connectivity index (χ2n) is 5.19. The second kappa shape index (κ2) is 5.35. The van der Waals surface area contributed by atoms with Crippen molar-refractivity contribution in [1.82, 2.24) is 0 Å². The van der Waals surface area contributed by atoms with Gasteiger partial charge in [0, 0.05) is 17.3 Å². The van der Waals surface area contributed by atoms with Gasteiger partial charge in [0.2, 0.25) is 0 Å². The smallest absolute Gasteiger partial charge is 0.0316 e. The van der Waals surface area contributed by atoms with Gasteiger partial charge in [-0.15, -0.1) is 0 Å². The Hall–Kier alpha value is -1.96. The van der Waals surface area contributed by atoms with Crippen LogP contribution < -0.4 is 11.5 Å². The lowest BCUT2D eigenvalue weighted by molar-refractivity contribution is 0.766. The van der Waals surface area contributed by atoms with Crippen LogP contribution in [0.15, 0.2) is 36.4 Å². The van der Waals surface area contributed by atoms with Crippen molar-refractivity contribution in [3.63, 3.8) is 0 Å². The van der Waals surface area contributed by atoms with Crippen LogP contribution in [0.2, 0.25) is 0 Å². The predicted octanol–water partition coefficient (Wildman–Crippen LogP) is 4.01. The van der Waals surface area contributed by atoms with Crippen molar-refractivity contribution < 1.29 is 0 Å². The second-order valence-corrected chi connectivity index (χ2v) is 5.19. The topological polar surface area (TPSA) is 52.0 Å². The highest BCUT2D eigenvalue weighted by atomic mass is 14.5. The highest BCUT2D eigenvalue weighted by molar-refractivity contribution is 5.51. The first-order chi connectivity index (χ1) is 9.02. The molecule has 0 aliphatic heterocycles. The molecule has 0 amide bonds. The summed E-state index contributed by atoms with van der Waals surface area (Å²) in [6.45, 7) is 6.47. The molecule has 0 saturated heterocycles. The molecule has 0 bridgehead atoms. The molecule has 2 rings (SSSR count). The fraction of sp³-hybridized carbons (Fsp3) is 0.294. The molecule has 2 aromatic rings. The summed E-state index contributed by atoms with van der Waals surface area (Å²) in [5, 5.41) is 0. The highest BCUT2D eigenvalue weighted by Gasteiger charge is 2.16. The molecule has 2 heteroatoms. The van der Waals surface area contributed by atoms with Gasteiger partial charge in [-0.2, -0.15) is 0 Å². The van der Waals surface area contributed by atoms with E-state index in [1.807, 2.05) is 24.3 Å². The zero-order valence-electron chi connectivity index (χ0n) is 11.9. The van der Waals surface area contributed by atoms with Gasteiger partial charge >= 0.3 is 0 Å². The lowest BCUT2D eigenvalue weighted by atomic mass is 9.84. The van der Waals surface area contributed by atoms with E-state index in [-0.39, 0.29) is 0 Å². The van der Waals surface area contributed by atoms with Crippen LogP contribution in [-0.4, -0.2) is 0 Å². The summed E-state index contributed by atoms with van der Waals surface area (Å²) in [6.07, 6.45) is 1.06. The van der Waals surface area contributed by atoms with E-state index in [2.05, 4.69) is 32.9 Å². The van der Waals surface area contributed by atoms with Crippen LogP contribution in [0.4, 0.5) is 11.4 Å². The molecule has 0 heterocycles. The first kappa shape index (κ1) is 13.5. The van der Waals surface area contributed by atoms with Gasteiger partial charge in [0.1, 0.15) is 0 Å². The van der Waals surface area contributed by atoms with Crippen LogP contribution in [0, 0.1) is 13.8 Å². The van der Waals surface area contributed by atoms with Crippen molar-refractivity contribution in [1.29, 1.82) is 0 Å². The minimum Gasteiger partial charge on any atom is -0.399 e. The number of aryl methyl sites for hydroxylation is 2. The fourth-order valence-electron chi connectivity index (χ4n) is 2.79. The summed E-state index contributed by atoms with van der Waals surface area (Å²) in [4.78, 5) is 0. The summed E-state index contributed by atoms with van der Waals surface area (Å²) < 4.78 is 0. The monoisotopic (exact) mass is 254 g/mol. The molecular formula is C17H22N2. The Balaban J connectivity index is 2.50. The van der Waals surface area contributed by atoms with Gasteiger partial charge in [-0.1, -0.05) is 19.1 Å². The first-order valence-electron chi connectivity index (χ1n) is 6.75. The molecular weight excluding hydrogens is 232 g/mol. The average Bonchev–Trinajstić information content (AvgIpc) is 2.34. The lowest BCUT2D eigenvalue weighted by Crippen LogP contribution is -2.05. The summed E-state index contributed by atoms with van der Waals surface area (Å²) in [6, 6.07) is 12.4. The highest BCUT2D eigenvalue weighted by Crippen LogP contribution is 2.33. The van der Waals surface area contributed by atoms with E-state index in [9.17, 15) is 0 Å². The number of nitrogens with two attached hydrogens (primary N) is 2. The maximum absolute atomic E-state index is 5.84. The van der Waals surface area contributed by atoms with Crippen LogP contribution in [0.5, 0.6) is 0 Å². The Kier molecular flexibility index (Phi) is 3.79. The van der Waals surface area contributed by atoms with Gasteiger partial charge in [-0.05, 0) is 66.8 Å². The molecule has 100 valence electrons. The number of rotatable bonds is 3. The van der Waals surface area contributed by atoms with Gasteiger partial charge in [-0.3, -0.25) is 0 Å². The van der Waals surface area contributed by atoms with Gasteiger partial charge in [0.15, 0.2) is 0 Å². The minimum absolute atomic E-state index is 0.404. The third kappa shape index (κ3) is 2.73. The van der Waals surface area contributed by atoms with E-state index in [0.717, 1.165) is 17.8 Å². The molecule has 4 N–H and O–H groups in total. The third-order valence-corrected chi connectivity index (χ3v) is 3.75. The van der Waals surface area contributed by atoms with E-state index < -0.39 is 0 Å². The molecule has 0 spiro atoms. The van der Waals surface area contributed by atoms with Crippen molar-refractivity contribution in [2.75, 3.05) is 11.5 Å². The Bertz CT molecular complexity index is 536. The zero-order valence-corrected chi connectivity index (χ0v) is 11.9. The fourth-order valence-corrected chi connectivity index (χ4v) is 2.79. The van der Waals surface area contributed by atoms with Crippen LogP contribution >= 0.6 is 0 Å². The predicted molar refractivity (Wildman–Crippen MR) is 83.3 cm³/mol. The van der Waals surface area contributed by atoms with E-state index in [1.54, 1.807) is 0 Å². The largest absolute Gasteiger partial charge is 0.399 e. The molecule has 0 atom stereocenters. The number of hydrogen-bond donors (Lipinski definition) is 2. The first-order valence-corrected chi connectivity index (χ1v) is 6.75. The van der Waals surface area contributed by atoms with Crippen LogP contribution in [0.3, 0.4) is 0 Å². The quantitative estimate of drug-likeness (QED) is 0.813. The molecule has 2 nitrogen and oxygen atoms in total. The average molecular weight is 254 g/mol. The summed E-state index contributed by atoms with van der Waals surface area (Å²) in [5.41, 5.74) is 18.5. The molecule has 0 aromatic heterocycles. The van der Waals surface area contributed by atoms with E-state index in [1.165, 1.54) is 22.3 Å². The van der Waals surface area contributed by atoms with Crippen molar-refractivity contribution in [3.8, 4) is 0 Å². The summed E-state index contributed by atoms with van der Waals surface area (Å²) in [7, 11) is 0. The molecule has 19 heavy (non-hydrogen) atoms. The van der Waals surface area contributed by atoms with Crippen molar-refractivity contribution >= 4 is 11.4 Å². The normalized spacial score (nSPS) is 10.9. The SMILES string of the molecule is CCC(c1ccc(N)cc1C)c1ccc(N)cc1C. The van der Waals surface area contributed by atoms with Crippen molar-refractivity contribution in [3.05, 3.63) is 58.7 Å². The molecule has 0 unspecified atom stereocenters.